The predicted molar refractivity (Wildman–Crippen MR) is 59.0 cm³/mol. The van der Waals surface area contributed by atoms with Crippen LogP contribution in [0.2, 0.25) is 0 Å². The summed E-state index contributed by atoms with van der Waals surface area (Å²) in [5, 5.41) is 12.8. The molecule has 0 aliphatic heterocycles. The van der Waals surface area contributed by atoms with Gasteiger partial charge in [-0.05, 0) is 18.8 Å². The van der Waals surface area contributed by atoms with Gasteiger partial charge in [0, 0.05) is 12.5 Å². The topological polar surface area (TPSA) is 122 Å². The van der Waals surface area contributed by atoms with Crippen LogP contribution in [0.1, 0.15) is 19.3 Å². The van der Waals surface area contributed by atoms with E-state index in [0.29, 0.717) is 5.92 Å². The van der Waals surface area contributed by atoms with Crippen molar-refractivity contribution in [1.29, 1.82) is 0 Å². The number of rotatable bonds is 7. The Morgan fingerprint density at radius 1 is 1.18 bits per heavy atom. The number of nitrogens with one attached hydrogen (secondary N) is 2. The molecule has 0 heterocycles. The summed E-state index contributed by atoms with van der Waals surface area (Å²) in [5.41, 5.74) is 5.75. The summed E-state index contributed by atoms with van der Waals surface area (Å²) in [6.45, 7) is -0.667. The van der Waals surface area contributed by atoms with Crippen LogP contribution in [-0.2, 0) is 14.4 Å². The van der Waals surface area contributed by atoms with Crippen LogP contribution in [0.3, 0.4) is 0 Å². The molecule has 0 bridgehead atoms. The van der Waals surface area contributed by atoms with Gasteiger partial charge in [0.05, 0.1) is 6.54 Å². The van der Waals surface area contributed by atoms with Crippen LogP contribution in [0, 0.1) is 5.92 Å². The van der Waals surface area contributed by atoms with Gasteiger partial charge in [-0.1, -0.05) is 0 Å². The van der Waals surface area contributed by atoms with Crippen molar-refractivity contribution in [2.24, 2.45) is 11.7 Å². The lowest BCUT2D eigenvalue weighted by Gasteiger charge is -2.10. The van der Waals surface area contributed by atoms with E-state index in [4.69, 9.17) is 10.8 Å². The molecule has 2 amide bonds. The molecule has 17 heavy (non-hydrogen) atoms. The number of hydrogen-bond acceptors (Lipinski definition) is 4. The third-order valence-electron chi connectivity index (χ3n) is 2.53. The molecule has 96 valence electrons. The predicted octanol–water partition coefficient (Wildman–Crippen LogP) is -1.57. The van der Waals surface area contributed by atoms with Crippen LogP contribution in [-0.4, -0.2) is 42.0 Å². The second-order valence-corrected chi connectivity index (χ2v) is 4.15. The highest BCUT2D eigenvalue weighted by atomic mass is 16.4. The number of amides is 2. The van der Waals surface area contributed by atoms with Gasteiger partial charge in [-0.2, -0.15) is 0 Å². The minimum Gasteiger partial charge on any atom is -0.480 e. The Labute approximate surface area is 98.7 Å². The van der Waals surface area contributed by atoms with Crippen LogP contribution in [0.25, 0.3) is 0 Å². The fourth-order valence-electron chi connectivity index (χ4n) is 1.39. The second-order valence-electron chi connectivity index (χ2n) is 4.15. The zero-order valence-corrected chi connectivity index (χ0v) is 9.44. The number of nitrogens with two attached hydrogens (primary N) is 1. The monoisotopic (exact) mass is 243 g/mol. The second kappa shape index (κ2) is 6.19. The first kappa shape index (κ1) is 13.4. The third-order valence-corrected chi connectivity index (χ3v) is 2.53. The molecular weight excluding hydrogens is 226 g/mol. The molecule has 1 aliphatic rings. The van der Waals surface area contributed by atoms with Gasteiger partial charge in [0.1, 0.15) is 6.54 Å². The molecule has 0 aromatic heterocycles. The molecule has 1 atom stereocenters. The lowest BCUT2D eigenvalue weighted by Crippen LogP contribution is -2.40. The van der Waals surface area contributed by atoms with Gasteiger partial charge in [-0.3, -0.25) is 14.4 Å². The maximum Gasteiger partial charge on any atom is 0.322 e. The zero-order valence-electron chi connectivity index (χ0n) is 9.44. The highest BCUT2D eigenvalue weighted by Crippen LogP contribution is 2.32. The van der Waals surface area contributed by atoms with E-state index in [1.807, 2.05) is 0 Å². The van der Waals surface area contributed by atoms with Gasteiger partial charge >= 0.3 is 5.97 Å². The van der Waals surface area contributed by atoms with E-state index in [1.165, 1.54) is 0 Å². The number of carboxylic acid groups (broad SMARTS) is 1. The number of aliphatic carboxylic acids is 1. The van der Waals surface area contributed by atoms with Gasteiger partial charge < -0.3 is 21.5 Å². The van der Waals surface area contributed by atoms with E-state index < -0.39 is 18.4 Å². The largest absolute Gasteiger partial charge is 0.480 e. The standard InChI is InChI=1S/C10H17N3O4/c11-7(6-1-2-6)3-8(14)12-4-9(15)13-5-10(16)17/h6-7H,1-5,11H2,(H,12,14)(H,13,15)(H,16,17). The van der Waals surface area contributed by atoms with Gasteiger partial charge in [0.15, 0.2) is 0 Å². The number of carboxylic acids is 1. The summed E-state index contributed by atoms with van der Waals surface area (Å²) < 4.78 is 0. The molecule has 0 spiro atoms. The Morgan fingerprint density at radius 3 is 2.29 bits per heavy atom. The molecule has 0 radical (unpaired) electrons. The molecule has 0 aromatic rings. The van der Waals surface area contributed by atoms with Crippen molar-refractivity contribution in [3.8, 4) is 0 Å². The van der Waals surface area contributed by atoms with Crippen LogP contribution in [0.5, 0.6) is 0 Å². The van der Waals surface area contributed by atoms with E-state index in [1.54, 1.807) is 0 Å². The van der Waals surface area contributed by atoms with E-state index in [-0.39, 0.29) is 24.9 Å². The zero-order chi connectivity index (χ0) is 12.8. The van der Waals surface area contributed by atoms with Gasteiger partial charge in [-0.15, -0.1) is 0 Å². The van der Waals surface area contributed by atoms with Crippen LogP contribution >= 0.6 is 0 Å². The summed E-state index contributed by atoms with van der Waals surface area (Å²) in [4.78, 5) is 32.6. The highest BCUT2D eigenvalue weighted by molar-refractivity contribution is 5.86. The summed E-state index contributed by atoms with van der Waals surface area (Å²) in [6.07, 6.45) is 2.33. The van der Waals surface area contributed by atoms with Crippen LogP contribution in [0.15, 0.2) is 0 Å². The SMILES string of the molecule is NC(CC(=O)NCC(=O)NCC(=O)O)C1CC1. The summed E-state index contributed by atoms with van der Waals surface area (Å²) in [6, 6.07) is -0.142. The number of carbonyl (C=O) groups excluding carboxylic acids is 2. The number of hydrogen-bond donors (Lipinski definition) is 4. The molecule has 1 fully saturated rings. The van der Waals surface area contributed by atoms with E-state index in [9.17, 15) is 14.4 Å². The average molecular weight is 243 g/mol. The minimum atomic E-state index is -1.12. The molecule has 1 unspecified atom stereocenters. The molecule has 0 aromatic carbocycles. The Balaban J connectivity index is 2.09. The Hall–Kier alpha value is -1.63. The van der Waals surface area contributed by atoms with E-state index in [0.717, 1.165) is 12.8 Å². The van der Waals surface area contributed by atoms with Gasteiger partial charge in [0.25, 0.3) is 0 Å². The minimum absolute atomic E-state index is 0.142. The van der Waals surface area contributed by atoms with Crippen molar-refractivity contribution in [1.82, 2.24) is 10.6 Å². The molecule has 1 saturated carbocycles. The van der Waals surface area contributed by atoms with Crippen molar-refractivity contribution in [3.63, 3.8) is 0 Å². The van der Waals surface area contributed by atoms with Crippen molar-refractivity contribution in [2.45, 2.75) is 25.3 Å². The fraction of sp³-hybridized carbons (Fsp3) is 0.700. The Kier molecular flexibility index (Phi) is 4.89. The molecule has 5 N–H and O–H groups in total. The smallest absolute Gasteiger partial charge is 0.322 e. The first-order chi connectivity index (χ1) is 7.99. The van der Waals surface area contributed by atoms with Crippen LogP contribution < -0.4 is 16.4 Å². The molecule has 0 saturated heterocycles. The summed E-state index contributed by atoms with van der Waals surface area (Å²) >= 11 is 0. The van der Waals surface area contributed by atoms with E-state index in [2.05, 4.69) is 10.6 Å². The Bertz CT molecular complexity index is 315. The lowest BCUT2D eigenvalue weighted by molar-refractivity contribution is -0.137. The van der Waals surface area contributed by atoms with Crippen LogP contribution in [0.4, 0.5) is 0 Å². The summed E-state index contributed by atoms with van der Waals surface area (Å²) in [7, 11) is 0. The van der Waals surface area contributed by atoms with Crippen molar-refractivity contribution in [3.05, 3.63) is 0 Å². The van der Waals surface area contributed by atoms with E-state index >= 15 is 0 Å². The quantitative estimate of drug-likeness (QED) is 0.430. The molecule has 7 nitrogen and oxygen atoms in total. The maximum absolute atomic E-state index is 11.3. The lowest BCUT2D eigenvalue weighted by atomic mass is 10.1. The molecular formula is C10H17N3O4. The van der Waals surface area contributed by atoms with Crippen molar-refractivity contribution < 1.29 is 19.5 Å². The first-order valence-electron chi connectivity index (χ1n) is 5.50. The normalized spacial score (nSPS) is 16.1. The third kappa shape index (κ3) is 5.86. The first-order valence-corrected chi connectivity index (χ1v) is 5.50. The number of carbonyl (C=O) groups is 3. The molecule has 7 heteroatoms. The maximum atomic E-state index is 11.3. The molecule has 1 aliphatic carbocycles. The van der Waals surface area contributed by atoms with Crippen molar-refractivity contribution in [2.75, 3.05) is 13.1 Å². The van der Waals surface area contributed by atoms with Gasteiger partial charge in [0.2, 0.25) is 11.8 Å². The van der Waals surface area contributed by atoms with Gasteiger partial charge in [-0.25, -0.2) is 0 Å². The molecule has 1 rings (SSSR count). The average Bonchev–Trinajstić information content (AvgIpc) is 3.07. The fourth-order valence-corrected chi connectivity index (χ4v) is 1.39. The highest BCUT2D eigenvalue weighted by Gasteiger charge is 2.29. The summed E-state index contributed by atoms with van der Waals surface area (Å²) in [5.74, 6) is -1.50. The van der Waals surface area contributed by atoms with Crippen molar-refractivity contribution >= 4 is 17.8 Å². The Morgan fingerprint density at radius 2 is 1.76 bits per heavy atom.